The summed E-state index contributed by atoms with van der Waals surface area (Å²) in [6.07, 6.45) is 2.51. The number of carbonyl (C=O) groups excluding carboxylic acids is 2. The molecule has 3 rings (SSSR count). The van der Waals surface area contributed by atoms with Crippen LogP contribution in [-0.4, -0.2) is 31.5 Å². The number of benzene rings is 2. The molecule has 0 aromatic heterocycles. The molecule has 1 saturated heterocycles. The number of rotatable bonds is 6. The van der Waals surface area contributed by atoms with Gasteiger partial charge in [-0.2, -0.15) is 0 Å². The average molecular weight is 353 g/mol. The minimum atomic E-state index is -0.284. The lowest BCUT2D eigenvalue weighted by molar-refractivity contribution is -0.116. The predicted octanol–water partition coefficient (Wildman–Crippen LogP) is 3.03. The molecule has 1 aliphatic rings. The Kier molecular flexibility index (Phi) is 5.86. The summed E-state index contributed by atoms with van der Waals surface area (Å²) in [4.78, 5) is 24.9. The van der Waals surface area contributed by atoms with Gasteiger partial charge >= 0.3 is 0 Å². The molecule has 0 bridgehead atoms. The minimum absolute atomic E-state index is 0.0916. The van der Waals surface area contributed by atoms with Crippen molar-refractivity contribution in [1.82, 2.24) is 5.32 Å². The molecule has 0 aliphatic carbocycles. The van der Waals surface area contributed by atoms with Gasteiger partial charge in [-0.25, -0.2) is 0 Å². The van der Waals surface area contributed by atoms with E-state index in [9.17, 15) is 9.59 Å². The van der Waals surface area contributed by atoms with E-state index in [1.165, 1.54) is 0 Å². The van der Waals surface area contributed by atoms with Crippen LogP contribution in [0.3, 0.4) is 0 Å². The maximum Gasteiger partial charge on any atom is 0.257 e. The lowest BCUT2D eigenvalue weighted by Gasteiger charge is -2.14. The predicted molar refractivity (Wildman–Crippen MR) is 102 cm³/mol. The Balaban J connectivity index is 1.69. The Hall–Kier alpha value is -2.86. The van der Waals surface area contributed by atoms with Crippen LogP contribution in [0.1, 0.15) is 29.6 Å². The number of nitrogens with one attached hydrogen (secondary N) is 3. The van der Waals surface area contributed by atoms with Gasteiger partial charge in [-0.3, -0.25) is 9.59 Å². The van der Waals surface area contributed by atoms with E-state index in [0.29, 0.717) is 29.1 Å². The molecule has 0 saturated carbocycles. The molecule has 6 nitrogen and oxygen atoms in total. The highest BCUT2D eigenvalue weighted by atomic mass is 16.5. The molecule has 1 fully saturated rings. The van der Waals surface area contributed by atoms with Crippen molar-refractivity contribution in [3.8, 4) is 5.75 Å². The van der Waals surface area contributed by atoms with Gasteiger partial charge in [0.15, 0.2) is 0 Å². The van der Waals surface area contributed by atoms with Crippen molar-refractivity contribution in [3.63, 3.8) is 0 Å². The van der Waals surface area contributed by atoms with E-state index in [1.54, 1.807) is 55.6 Å². The lowest BCUT2D eigenvalue weighted by Crippen LogP contribution is -2.28. The van der Waals surface area contributed by atoms with Crippen molar-refractivity contribution in [2.24, 2.45) is 0 Å². The molecule has 1 atom stereocenters. The van der Waals surface area contributed by atoms with Crippen LogP contribution < -0.4 is 20.7 Å². The van der Waals surface area contributed by atoms with Gasteiger partial charge in [0.05, 0.1) is 18.4 Å². The summed E-state index contributed by atoms with van der Waals surface area (Å²) in [5.74, 6) is 0.285. The molecule has 0 spiro atoms. The summed E-state index contributed by atoms with van der Waals surface area (Å²) >= 11 is 0. The highest BCUT2D eigenvalue weighted by Gasteiger charge is 2.19. The van der Waals surface area contributed by atoms with Crippen LogP contribution in [0.2, 0.25) is 0 Å². The molecular formula is C20H23N3O3. The molecule has 6 heteroatoms. The van der Waals surface area contributed by atoms with Crippen molar-refractivity contribution in [3.05, 3.63) is 54.1 Å². The van der Waals surface area contributed by atoms with Crippen LogP contribution in [0.5, 0.6) is 5.75 Å². The highest BCUT2D eigenvalue weighted by Crippen LogP contribution is 2.21. The number of methoxy groups -OCH3 is 1. The molecule has 1 heterocycles. The van der Waals surface area contributed by atoms with Crippen LogP contribution >= 0.6 is 0 Å². The Morgan fingerprint density at radius 2 is 2.00 bits per heavy atom. The van der Waals surface area contributed by atoms with E-state index in [0.717, 1.165) is 19.4 Å². The number of amides is 2. The Bertz CT molecular complexity index is 785. The fourth-order valence-electron chi connectivity index (χ4n) is 3.05. The van der Waals surface area contributed by atoms with Gasteiger partial charge < -0.3 is 20.7 Å². The van der Waals surface area contributed by atoms with Gasteiger partial charge in [0.25, 0.3) is 5.91 Å². The minimum Gasteiger partial charge on any atom is -0.497 e. The van der Waals surface area contributed by atoms with Crippen LogP contribution in [0, 0.1) is 0 Å². The van der Waals surface area contributed by atoms with E-state index < -0.39 is 0 Å². The molecule has 3 N–H and O–H groups in total. The molecule has 2 aromatic carbocycles. The summed E-state index contributed by atoms with van der Waals surface area (Å²) in [7, 11) is 1.57. The zero-order valence-corrected chi connectivity index (χ0v) is 14.7. The Morgan fingerprint density at radius 3 is 2.77 bits per heavy atom. The van der Waals surface area contributed by atoms with E-state index in [2.05, 4.69) is 16.0 Å². The Morgan fingerprint density at radius 1 is 1.15 bits per heavy atom. The highest BCUT2D eigenvalue weighted by molar-refractivity contribution is 6.10. The zero-order valence-electron chi connectivity index (χ0n) is 14.7. The van der Waals surface area contributed by atoms with Gasteiger partial charge in [0.1, 0.15) is 5.75 Å². The first kappa shape index (κ1) is 17.9. The monoisotopic (exact) mass is 353 g/mol. The standard InChI is InChI=1S/C20H23N3O3/c1-26-16-8-4-6-15(12-16)22-20(25)17-9-2-3-10-18(17)23-19(24)13-14-7-5-11-21-14/h2-4,6,8-10,12,14,21H,5,7,11,13H2,1H3,(H,22,25)(H,23,24). The number of hydrogen-bond donors (Lipinski definition) is 3. The van der Waals surface area contributed by atoms with Crippen LogP contribution in [0.15, 0.2) is 48.5 Å². The molecule has 26 heavy (non-hydrogen) atoms. The third kappa shape index (κ3) is 4.61. The van der Waals surface area contributed by atoms with E-state index >= 15 is 0 Å². The summed E-state index contributed by atoms with van der Waals surface area (Å²) in [6, 6.07) is 14.4. The lowest BCUT2D eigenvalue weighted by atomic mass is 10.1. The van der Waals surface area contributed by atoms with Crippen molar-refractivity contribution < 1.29 is 14.3 Å². The van der Waals surface area contributed by atoms with Gasteiger partial charge in [-0.15, -0.1) is 0 Å². The number of hydrogen-bond acceptors (Lipinski definition) is 4. The zero-order chi connectivity index (χ0) is 18.4. The molecule has 1 aliphatic heterocycles. The number of carbonyl (C=O) groups is 2. The molecular weight excluding hydrogens is 330 g/mol. The summed E-state index contributed by atoms with van der Waals surface area (Å²) in [5.41, 5.74) is 1.56. The molecule has 136 valence electrons. The maximum atomic E-state index is 12.6. The Labute approximate surface area is 152 Å². The largest absolute Gasteiger partial charge is 0.497 e. The van der Waals surface area contributed by atoms with Crippen molar-refractivity contribution in [2.45, 2.75) is 25.3 Å². The first-order chi connectivity index (χ1) is 12.7. The molecule has 0 radical (unpaired) electrons. The number of ether oxygens (including phenoxy) is 1. The SMILES string of the molecule is COc1cccc(NC(=O)c2ccccc2NC(=O)CC2CCCN2)c1. The van der Waals surface area contributed by atoms with Crippen LogP contribution in [-0.2, 0) is 4.79 Å². The number of anilines is 2. The summed E-state index contributed by atoms with van der Waals surface area (Å²) in [6.45, 7) is 0.956. The maximum absolute atomic E-state index is 12.6. The van der Waals surface area contributed by atoms with Gasteiger partial charge in [-0.1, -0.05) is 18.2 Å². The molecule has 1 unspecified atom stereocenters. The summed E-state index contributed by atoms with van der Waals surface area (Å²) < 4.78 is 5.17. The van der Waals surface area contributed by atoms with Crippen LogP contribution in [0.25, 0.3) is 0 Å². The second kappa shape index (κ2) is 8.49. The fraction of sp³-hybridized carbons (Fsp3) is 0.300. The first-order valence-corrected chi connectivity index (χ1v) is 8.73. The molecule has 2 amide bonds. The second-order valence-corrected chi connectivity index (χ2v) is 6.28. The third-order valence-electron chi connectivity index (χ3n) is 4.37. The smallest absolute Gasteiger partial charge is 0.257 e. The van der Waals surface area contributed by atoms with Crippen LogP contribution in [0.4, 0.5) is 11.4 Å². The normalized spacial score (nSPS) is 16.1. The van der Waals surface area contributed by atoms with Gasteiger partial charge in [0.2, 0.25) is 5.91 Å². The molecule has 2 aromatic rings. The summed E-state index contributed by atoms with van der Waals surface area (Å²) in [5, 5.41) is 9.00. The van der Waals surface area contributed by atoms with Crippen molar-refractivity contribution in [1.29, 1.82) is 0 Å². The third-order valence-corrected chi connectivity index (χ3v) is 4.37. The average Bonchev–Trinajstić information content (AvgIpc) is 3.15. The van der Waals surface area contributed by atoms with Crippen molar-refractivity contribution in [2.75, 3.05) is 24.3 Å². The van der Waals surface area contributed by atoms with E-state index in [-0.39, 0.29) is 17.9 Å². The number of para-hydroxylation sites is 1. The topological polar surface area (TPSA) is 79.5 Å². The van der Waals surface area contributed by atoms with Gasteiger partial charge in [0, 0.05) is 24.2 Å². The second-order valence-electron chi connectivity index (χ2n) is 6.28. The van der Waals surface area contributed by atoms with E-state index in [1.807, 2.05) is 0 Å². The first-order valence-electron chi connectivity index (χ1n) is 8.73. The van der Waals surface area contributed by atoms with Gasteiger partial charge in [-0.05, 0) is 43.7 Å². The van der Waals surface area contributed by atoms with Crippen molar-refractivity contribution >= 4 is 23.2 Å². The fourth-order valence-corrected chi connectivity index (χ4v) is 3.05. The van der Waals surface area contributed by atoms with E-state index in [4.69, 9.17) is 4.74 Å². The quantitative estimate of drug-likeness (QED) is 0.746.